The minimum Gasteiger partial charge on any atom is -0.493 e. The third-order valence-corrected chi connectivity index (χ3v) is 3.72. The topological polar surface area (TPSA) is 59.5 Å². The highest BCUT2D eigenvalue weighted by atomic mass is 16.5. The predicted octanol–water partition coefficient (Wildman–Crippen LogP) is 3.78. The molecule has 0 atom stereocenters. The van der Waals surface area contributed by atoms with Crippen LogP contribution in [-0.4, -0.2) is 37.8 Å². The first kappa shape index (κ1) is 17.8. The van der Waals surface area contributed by atoms with E-state index in [-0.39, 0.29) is 0 Å². The Bertz CT molecular complexity index is 676. The minimum absolute atomic E-state index is 0.570. The number of nitrogens with zero attached hydrogens (tertiary/aromatic N) is 3. The summed E-state index contributed by atoms with van der Waals surface area (Å²) >= 11 is 0. The molecule has 0 saturated heterocycles. The summed E-state index contributed by atoms with van der Waals surface area (Å²) in [5.41, 5.74) is 1.77. The summed E-state index contributed by atoms with van der Waals surface area (Å²) in [6.07, 6.45) is 2.29. The van der Waals surface area contributed by atoms with E-state index in [9.17, 15) is 0 Å². The van der Waals surface area contributed by atoms with Crippen LogP contribution in [0.4, 0.5) is 17.5 Å². The number of anilines is 3. The summed E-state index contributed by atoms with van der Waals surface area (Å²) in [7, 11) is 5.29. The fourth-order valence-electron chi connectivity index (χ4n) is 2.36. The summed E-state index contributed by atoms with van der Waals surface area (Å²) in [5.74, 6) is 2.84. The largest absolute Gasteiger partial charge is 0.493 e. The molecule has 0 saturated carbocycles. The van der Waals surface area contributed by atoms with Crippen LogP contribution < -0.4 is 19.7 Å². The van der Waals surface area contributed by atoms with Gasteiger partial charge in [0.2, 0.25) is 5.95 Å². The van der Waals surface area contributed by atoms with Crippen LogP contribution in [0, 0.1) is 6.92 Å². The number of ether oxygens (including phenoxy) is 2. The van der Waals surface area contributed by atoms with Gasteiger partial charge < -0.3 is 19.7 Å². The van der Waals surface area contributed by atoms with Crippen LogP contribution in [-0.2, 0) is 0 Å². The molecule has 0 aliphatic rings. The normalized spacial score (nSPS) is 10.4. The summed E-state index contributed by atoms with van der Waals surface area (Å²) in [6, 6.07) is 7.62. The number of unbranched alkanes of at least 4 members (excludes halogenated alkanes) is 1. The molecule has 6 heteroatoms. The molecule has 0 spiro atoms. The highest BCUT2D eigenvalue weighted by Crippen LogP contribution is 2.30. The molecule has 1 aromatic heterocycles. The average molecular weight is 330 g/mol. The van der Waals surface area contributed by atoms with Crippen molar-refractivity contribution in [1.82, 2.24) is 9.97 Å². The van der Waals surface area contributed by atoms with Gasteiger partial charge in [0.25, 0.3) is 0 Å². The van der Waals surface area contributed by atoms with Crippen molar-refractivity contribution in [2.45, 2.75) is 26.7 Å². The molecule has 2 rings (SSSR count). The van der Waals surface area contributed by atoms with E-state index in [0.29, 0.717) is 17.4 Å². The van der Waals surface area contributed by atoms with E-state index >= 15 is 0 Å². The van der Waals surface area contributed by atoms with Crippen LogP contribution in [0.25, 0.3) is 0 Å². The van der Waals surface area contributed by atoms with Gasteiger partial charge in [-0.3, -0.25) is 0 Å². The fourth-order valence-corrected chi connectivity index (χ4v) is 2.36. The molecule has 24 heavy (non-hydrogen) atoms. The zero-order valence-corrected chi connectivity index (χ0v) is 15.1. The lowest BCUT2D eigenvalue weighted by atomic mass is 10.2. The molecule has 1 N–H and O–H groups in total. The lowest BCUT2D eigenvalue weighted by Crippen LogP contribution is -2.20. The lowest BCUT2D eigenvalue weighted by molar-refractivity contribution is 0.355. The van der Waals surface area contributed by atoms with Crippen molar-refractivity contribution >= 4 is 17.5 Å². The van der Waals surface area contributed by atoms with Crippen LogP contribution in [0.15, 0.2) is 24.3 Å². The average Bonchev–Trinajstić information content (AvgIpc) is 2.58. The summed E-state index contributed by atoms with van der Waals surface area (Å²) in [6.45, 7) is 5.13. The van der Waals surface area contributed by atoms with Crippen LogP contribution in [0.2, 0.25) is 0 Å². The Kier molecular flexibility index (Phi) is 6.23. The predicted molar refractivity (Wildman–Crippen MR) is 97.8 cm³/mol. The van der Waals surface area contributed by atoms with Crippen LogP contribution in [0.1, 0.15) is 25.5 Å². The second-order valence-corrected chi connectivity index (χ2v) is 5.66. The van der Waals surface area contributed by atoms with Crippen molar-refractivity contribution in [3.05, 3.63) is 30.0 Å². The van der Waals surface area contributed by atoms with Crippen molar-refractivity contribution in [1.29, 1.82) is 0 Å². The van der Waals surface area contributed by atoms with E-state index < -0.39 is 0 Å². The quantitative estimate of drug-likeness (QED) is 0.795. The molecule has 1 heterocycles. The smallest absolute Gasteiger partial charge is 0.229 e. The molecule has 1 aromatic carbocycles. The maximum Gasteiger partial charge on any atom is 0.229 e. The SMILES string of the molecule is CCCCN(C)c1cc(C)nc(Nc2ccc(OC)c(OC)c2)n1. The standard InChI is InChI=1S/C18H26N4O2/c1-6-7-10-22(3)17-11-13(2)19-18(21-17)20-14-8-9-15(23-4)16(12-14)24-5/h8-9,11-12H,6-7,10H2,1-5H3,(H,19,20,21). The van der Waals surface area contributed by atoms with Gasteiger partial charge in [-0.05, 0) is 25.5 Å². The second-order valence-electron chi connectivity index (χ2n) is 5.66. The third-order valence-electron chi connectivity index (χ3n) is 3.72. The monoisotopic (exact) mass is 330 g/mol. The molecule has 0 fully saturated rings. The van der Waals surface area contributed by atoms with E-state index in [2.05, 4.69) is 34.2 Å². The number of aromatic nitrogens is 2. The molecule has 0 amide bonds. The van der Waals surface area contributed by atoms with Crippen molar-refractivity contribution in [2.24, 2.45) is 0 Å². The van der Waals surface area contributed by atoms with Gasteiger partial charge in [-0.1, -0.05) is 13.3 Å². The minimum atomic E-state index is 0.570. The lowest BCUT2D eigenvalue weighted by Gasteiger charge is -2.19. The summed E-state index contributed by atoms with van der Waals surface area (Å²) in [4.78, 5) is 11.2. The van der Waals surface area contributed by atoms with Crippen molar-refractivity contribution in [2.75, 3.05) is 38.0 Å². The van der Waals surface area contributed by atoms with Crippen molar-refractivity contribution in [3.8, 4) is 11.5 Å². The Morgan fingerprint density at radius 1 is 1.08 bits per heavy atom. The molecule has 6 nitrogen and oxygen atoms in total. The Morgan fingerprint density at radius 2 is 1.83 bits per heavy atom. The van der Waals surface area contributed by atoms with Gasteiger partial charge >= 0.3 is 0 Å². The van der Waals surface area contributed by atoms with Gasteiger partial charge in [-0.25, -0.2) is 4.98 Å². The number of benzene rings is 1. The van der Waals surface area contributed by atoms with E-state index in [4.69, 9.17) is 9.47 Å². The number of nitrogens with one attached hydrogen (secondary N) is 1. The van der Waals surface area contributed by atoms with Gasteiger partial charge in [0.05, 0.1) is 14.2 Å². The van der Waals surface area contributed by atoms with Gasteiger partial charge in [-0.15, -0.1) is 0 Å². The third kappa shape index (κ3) is 4.50. The molecule has 0 aliphatic heterocycles. The van der Waals surface area contributed by atoms with Gasteiger partial charge in [0.15, 0.2) is 11.5 Å². The first-order valence-electron chi connectivity index (χ1n) is 8.13. The van der Waals surface area contributed by atoms with Gasteiger partial charge in [0, 0.05) is 37.1 Å². The first-order chi connectivity index (χ1) is 11.6. The Balaban J connectivity index is 2.22. The van der Waals surface area contributed by atoms with E-state index in [0.717, 1.165) is 36.6 Å². The molecule has 0 bridgehead atoms. The number of hydrogen-bond acceptors (Lipinski definition) is 6. The second kappa shape index (κ2) is 8.38. The molecule has 0 radical (unpaired) electrons. The molecular formula is C18H26N4O2. The molecule has 130 valence electrons. The fraction of sp³-hybridized carbons (Fsp3) is 0.444. The molecular weight excluding hydrogens is 304 g/mol. The van der Waals surface area contributed by atoms with Gasteiger partial charge in [0.1, 0.15) is 5.82 Å². The van der Waals surface area contributed by atoms with E-state index in [1.807, 2.05) is 31.2 Å². The van der Waals surface area contributed by atoms with Crippen LogP contribution >= 0.6 is 0 Å². The maximum absolute atomic E-state index is 5.33. The molecule has 0 unspecified atom stereocenters. The molecule has 0 aliphatic carbocycles. The first-order valence-corrected chi connectivity index (χ1v) is 8.13. The number of aryl methyl sites for hydroxylation is 1. The van der Waals surface area contributed by atoms with Crippen molar-refractivity contribution in [3.63, 3.8) is 0 Å². The summed E-state index contributed by atoms with van der Waals surface area (Å²) < 4.78 is 10.6. The zero-order chi connectivity index (χ0) is 17.5. The van der Waals surface area contributed by atoms with E-state index in [1.165, 1.54) is 0 Å². The van der Waals surface area contributed by atoms with Gasteiger partial charge in [-0.2, -0.15) is 4.98 Å². The highest BCUT2D eigenvalue weighted by molar-refractivity contribution is 5.60. The molecule has 2 aromatic rings. The Morgan fingerprint density at radius 3 is 2.50 bits per heavy atom. The van der Waals surface area contributed by atoms with Crippen LogP contribution in [0.5, 0.6) is 11.5 Å². The number of methoxy groups -OCH3 is 2. The maximum atomic E-state index is 5.33. The Labute approximate surface area is 143 Å². The van der Waals surface area contributed by atoms with E-state index in [1.54, 1.807) is 14.2 Å². The number of hydrogen-bond donors (Lipinski definition) is 1. The highest BCUT2D eigenvalue weighted by Gasteiger charge is 2.09. The van der Waals surface area contributed by atoms with Crippen LogP contribution in [0.3, 0.4) is 0 Å². The zero-order valence-electron chi connectivity index (χ0n) is 15.1. The number of rotatable bonds is 8. The Hall–Kier alpha value is -2.50. The summed E-state index contributed by atoms with van der Waals surface area (Å²) in [5, 5.41) is 3.24. The van der Waals surface area contributed by atoms with Crippen molar-refractivity contribution < 1.29 is 9.47 Å².